The summed E-state index contributed by atoms with van der Waals surface area (Å²) in [6.07, 6.45) is 0.614. The van der Waals surface area contributed by atoms with Crippen LogP contribution in [-0.4, -0.2) is 34.6 Å². The van der Waals surface area contributed by atoms with E-state index in [1.807, 2.05) is 13.8 Å². The van der Waals surface area contributed by atoms with Gasteiger partial charge in [0.25, 0.3) is 5.91 Å². The van der Waals surface area contributed by atoms with Gasteiger partial charge in [-0.3, -0.25) is 9.59 Å². The molecule has 5 heteroatoms. The van der Waals surface area contributed by atoms with Crippen LogP contribution in [0, 0.1) is 5.92 Å². The second-order valence-electron chi connectivity index (χ2n) is 4.80. The Labute approximate surface area is 99.8 Å². The van der Waals surface area contributed by atoms with Crippen molar-refractivity contribution in [2.75, 3.05) is 0 Å². The van der Waals surface area contributed by atoms with Crippen LogP contribution in [0.15, 0.2) is 11.8 Å². The van der Waals surface area contributed by atoms with E-state index in [0.29, 0.717) is 5.70 Å². The second kappa shape index (κ2) is 3.92. The normalized spacial score (nSPS) is 35.3. The topological polar surface area (TPSA) is 78.9 Å². The first-order valence-electron chi connectivity index (χ1n) is 5.83. The Bertz CT molecular complexity index is 403. The minimum atomic E-state index is -1.47. The molecule has 0 unspecified atom stereocenters. The molecule has 17 heavy (non-hydrogen) atoms. The van der Waals surface area contributed by atoms with Crippen LogP contribution in [0.2, 0.25) is 0 Å². The Hall–Kier alpha value is -1.20. The Morgan fingerprint density at radius 3 is 2.76 bits per heavy atom. The zero-order valence-corrected chi connectivity index (χ0v) is 10.2. The van der Waals surface area contributed by atoms with Crippen molar-refractivity contribution in [2.45, 2.75) is 45.0 Å². The lowest BCUT2D eigenvalue weighted by atomic mass is 9.87. The third-order valence-electron chi connectivity index (χ3n) is 3.56. The van der Waals surface area contributed by atoms with Gasteiger partial charge in [0.05, 0.1) is 6.10 Å². The van der Waals surface area contributed by atoms with Crippen molar-refractivity contribution >= 4 is 11.7 Å². The number of ether oxygens (including phenoxy) is 1. The van der Waals surface area contributed by atoms with Crippen LogP contribution in [0.3, 0.4) is 0 Å². The number of rotatable bonds is 3. The van der Waals surface area contributed by atoms with Crippen molar-refractivity contribution < 1.29 is 19.4 Å². The fraction of sp³-hybridized carbons (Fsp3) is 0.667. The molecule has 2 aliphatic heterocycles. The molecule has 4 atom stereocenters. The van der Waals surface area contributed by atoms with Crippen LogP contribution in [0.4, 0.5) is 0 Å². The van der Waals surface area contributed by atoms with E-state index in [9.17, 15) is 14.7 Å². The highest BCUT2D eigenvalue weighted by Crippen LogP contribution is 2.44. The number of aliphatic hydroxyl groups excluding tert-OH is 1. The first kappa shape index (κ1) is 12.3. The molecule has 1 amide bonds. The standard InChI is InChI=1S/C12H17NO4/c1-4-6(2)9(15)10-12(17-10)8(14)5-7(3)13-11(12)16/h5-6,9-10,15H,4H2,1-3H3,(H,13,16)/t6-,9-,10+,12+/m1/s1. The molecule has 5 nitrogen and oxygen atoms in total. The minimum Gasteiger partial charge on any atom is -0.390 e. The number of hydrogen-bond donors (Lipinski definition) is 2. The van der Waals surface area contributed by atoms with Crippen LogP contribution >= 0.6 is 0 Å². The molecule has 2 rings (SSSR count). The summed E-state index contributed by atoms with van der Waals surface area (Å²) < 4.78 is 5.25. The lowest BCUT2D eigenvalue weighted by molar-refractivity contribution is -0.134. The van der Waals surface area contributed by atoms with Gasteiger partial charge in [-0.25, -0.2) is 0 Å². The largest absolute Gasteiger partial charge is 0.390 e. The lowest BCUT2D eigenvalue weighted by Crippen LogP contribution is -2.49. The maximum atomic E-state index is 11.9. The van der Waals surface area contributed by atoms with E-state index >= 15 is 0 Å². The molecule has 0 bridgehead atoms. The van der Waals surface area contributed by atoms with E-state index in [4.69, 9.17) is 4.74 Å². The third-order valence-corrected chi connectivity index (χ3v) is 3.56. The average Bonchev–Trinajstić information content (AvgIpc) is 3.01. The van der Waals surface area contributed by atoms with E-state index in [-0.39, 0.29) is 11.7 Å². The molecular weight excluding hydrogens is 222 g/mol. The Balaban J connectivity index is 2.19. The summed E-state index contributed by atoms with van der Waals surface area (Å²) >= 11 is 0. The van der Waals surface area contributed by atoms with E-state index in [2.05, 4.69) is 5.32 Å². The summed E-state index contributed by atoms with van der Waals surface area (Å²) in [4.78, 5) is 23.7. The molecular formula is C12H17NO4. The van der Waals surface area contributed by atoms with Gasteiger partial charge >= 0.3 is 0 Å². The number of aliphatic hydroxyl groups is 1. The summed E-state index contributed by atoms with van der Waals surface area (Å²) in [6.45, 7) is 5.45. The lowest BCUT2D eigenvalue weighted by Gasteiger charge is -2.20. The third kappa shape index (κ3) is 1.70. The predicted octanol–water partition coefficient (Wildman–Crippen LogP) is 0.134. The molecule has 0 aliphatic carbocycles. The number of amides is 1. The van der Waals surface area contributed by atoms with E-state index in [1.54, 1.807) is 6.92 Å². The first-order valence-corrected chi connectivity index (χ1v) is 5.83. The van der Waals surface area contributed by atoms with Crippen LogP contribution in [0.5, 0.6) is 0 Å². The number of carbonyl (C=O) groups excluding carboxylic acids is 2. The fourth-order valence-corrected chi connectivity index (χ4v) is 2.12. The van der Waals surface area contributed by atoms with Crippen molar-refractivity contribution in [3.63, 3.8) is 0 Å². The molecule has 94 valence electrons. The highest BCUT2D eigenvalue weighted by molar-refractivity contribution is 6.20. The van der Waals surface area contributed by atoms with Gasteiger partial charge in [-0.15, -0.1) is 0 Å². The number of carbonyl (C=O) groups is 2. The fourth-order valence-electron chi connectivity index (χ4n) is 2.12. The van der Waals surface area contributed by atoms with Crippen molar-refractivity contribution in [3.8, 4) is 0 Å². The van der Waals surface area contributed by atoms with E-state index in [1.165, 1.54) is 6.08 Å². The quantitative estimate of drug-likeness (QED) is 0.542. The Morgan fingerprint density at radius 2 is 2.24 bits per heavy atom. The van der Waals surface area contributed by atoms with E-state index < -0.39 is 23.7 Å². The molecule has 0 saturated carbocycles. The van der Waals surface area contributed by atoms with Crippen molar-refractivity contribution in [2.24, 2.45) is 5.92 Å². The summed E-state index contributed by atoms with van der Waals surface area (Å²) in [5.41, 5.74) is -0.958. The molecule has 0 radical (unpaired) electrons. The number of hydrogen-bond acceptors (Lipinski definition) is 4. The van der Waals surface area contributed by atoms with Gasteiger partial charge in [0.1, 0.15) is 6.10 Å². The second-order valence-corrected chi connectivity index (χ2v) is 4.80. The van der Waals surface area contributed by atoms with Crippen molar-refractivity contribution in [3.05, 3.63) is 11.8 Å². The van der Waals surface area contributed by atoms with E-state index in [0.717, 1.165) is 6.42 Å². The Morgan fingerprint density at radius 1 is 1.59 bits per heavy atom. The van der Waals surface area contributed by atoms with Gasteiger partial charge in [0.2, 0.25) is 11.4 Å². The number of nitrogens with one attached hydrogen (secondary N) is 1. The van der Waals surface area contributed by atoms with Crippen LogP contribution in [0.1, 0.15) is 27.2 Å². The van der Waals surface area contributed by atoms with Crippen LogP contribution in [0.25, 0.3) is 0 Å². The van der Waals surface area contributed by atoms with Gasteiger partial charge < -0.3 is 15.2 Å². The number of allylic oxidation sites excluding steroid dienone is 1. The molecule has 2 aliphatic rings. The molecule has 1 fully saturated rings. The molecule has 2 N–H and O–H groups in total. The van der Waals surface area contributed by atoms with Crippen LogP contribution in [-0.2, 0) is 14.3 Å². The monoisotopic (exact) mass is 239 g/mol. The zero-order valence-electron chi connectivity index (χ0n) is 10.2. The zero-order chi connectivity index (χ0) is 12.8. The predicted molar refractivity (Wildman–Crippen MR) is 60.0 cm³/mol. The molecule has 1 spiro atoms. The SMILES string of the molecule is CC[C@@H](C)[C@@H](O)[C@@H]1O[C@@]12C(=O)C=C(C)NC2=O. The van der Waals surface area contributed by atoms with Crippen LogP contribution < -0.4 is 5.32 Å². The van der Waals surface area contributed by atoms with Gasteiger partial charge in [0, 0.05) is 11.8 Å². The average molecular weight is 239 g/mol. The summed E-state index contributed by atoms with van der Waals surface area (Å²) in [6, 6.07) is 0. The smallest absolute Gasteiger partial charge is 0.267 e. The van der Waals surface area contributed by atoms with Crippen molar-refractivity contribution in [1.29, 1.82) is 0 Å². The van der Waals surface area contributed by atoms with Gasteiger partial charge in [-0.2, -0.15) is 0 Å². The molecule has 2 heterocycles. The number of ketones is 1. The maximum Gasteiger partial charge on any atom is 0.267 e. The first-order chi connectivity index (χ1) is 7.93. The molecule has 1 saturated heterocycles. The maximum absolute atomic E-state index is 11.9. The Kier molecular flexibility index (Phi) is 2.83. The van der Waals surface area contributed by atoms with Gasteiger partial charge in [0.15, 0.2) is 0 Å². The molecule has 0 aromatic rings. The highest BCUT2D eigenvalue weighted by atomic mass is 16.6. The van der Waals surface area contributed by atoms with Gasteiger partial charge in [-0.1, -0.05) is 20.3 Å². The van der Waals surface area contributed by atoms with Crippen molar-refractivity contribution in [1.82, 2.24) is 5.32 Å². The van der Waals surface area contributed by atoms with Gasteiger partial charge in [-0.05, 0) is 12.8 Å². The highest BCUT2D eigenvalue weighted by Gasteiger charge is 2.71. The number of epoxide rings is 1. The minimum absolute atomic E-state index is 0.00743. The summed E-state index contributed by atoms with van der Waals surface area (Å²) in [5, 5.41) is 12.6. The summed E-state index contributed by atoms with van der Waals surface area (Å²) in [7, 11) is 0. The summed E-state index contributed by atoms with van der Waals surface area (Å²) in [5.74, 6) is -0.840. The molecule has 0 aromatic carbocycles. The molecule has 0 aromatic heterocycles.